The number of nitrogens with zero attached hydrogens (tertiary/aromatic N) is 2. The summed E-state index contributed by atoms with van der Waals surface area (Å²) in [6.07, 6.45) is 3.76. The van der Waals surface area contributed by atoms with Crippen LogP contribution in [0.15, 0.2) is 33.5 Å². The number of aromatic nitrogens is 2. The lowest BCUT2D eigenvalue weighted by molar-refractivity contribution is 0.468. The molecule has 2 rings (SSSR count). The van der Waals surface area contributed by atoms with Gasteiger partial charge in [-0.3, -0.25) is 4.68 Å². The van der Waals surface area contributed by atoms with Crippen LogP contribution in [0.4, 0.5) is 5.69 Å². The van der Waals surface area contributed by atoms with Crippen LogP contribution in [0, 0.1) is 0 Å². The Labute approximate surface area is 122 Å². The average molecular weight is 375 g/mol. The first-order chi connectivity index (χ1) is 8.60. The van der Waals surface area contributed by atoms with Crippen LogP contribution in [0.3, 0.4) is 0 Å². The van der Waals surface area contributed by atoms with Crippen LogP contribution in [0.25, 0.3) is 0 Å². The highest BCUT2D eigenvalue weighted by Gasteiger charge is 2.06. The number of phenolic OH excluding ortho intramolecular Hbond substituents is 1. The standard InChI is InChI=1S/C12H13Br2N3O/c1-2-17-7-9(6-16-17)15-5-8-3-10(13)12(18)11(14)4-8/h3-4,6-7,15,18H,2,5H2,1H3. The molecule has 1 heterocycles. The van der Waals surface area contributed by atoms with Crippen molar-refractivity contribution in [3.05, 3.63) is 39.0 Å². The molecule has 96 valence electrons. The Kier molecular flexibility index (Phi) is 4.29. The number of hydrogen-bond donors (Lipinski definition) is 2. The summed E-state index contributed by atoms with van der Waals surface area (Å²) in [5.41, 5.74) is 2.05. The number of aryl methyl sites for hydroxylation is 1. The topological polar surface area (TPSA) is 50.1 Å². The average Bonchev–Trinajstić information content (AvgIpc) is 2.81. The normalized spacial score (nSPS) is 10.6. The number of aromatic hydroxyl groups is 1. The molecule has 1 aromatic heterocycles. The molecule has 0 saturated carbocycles. The molecule has 0 aliphatic carbocycles. The number of phenols is 1. The van der Waals surface area contributed by atoms with Crippen LogP contribution in [0.1, 0.15) is 12.5 Å². The fraction of sp³-hybridized carbons (Fsp3) is 0.250. The Bertz CT molecular complexity index is 531. The van der Waals surface area contributed by atoms with Crippen LogP contribution in [0.5, 0.6) is 5.75 Å². The number of nitrogens with one attached hydrogen (secondary N) is 1. The predicted octanol–water partition coefficient (Wildman–Crippen LogP) is 3.75. The zero-order valence-electron chi connectivity index (χ0n) is 9.82. The number of benzene rings is 1. The van der Waals surface area contributed by atoms with Gasteiger partial charge < -0.3 is 10.4 Å². The van der Waals surface area contributed by atoms with Crippen molar-refractivity contribution in [2.24, 2.45) is 0 Å². The maximum Gasteiger partial charge on any atom is 0.143 e. The minimum Gasteiger partial charge on any atom is -0.506 e. The molecule has 6 heteroatoms. The Morgan fingerprint density at radius 2 is 2.00 bits per heavy atom. The van der Waals surface area contributed by atoms with E-state index in [4.69, 9.17) is 0 Å². The van der Waals surface area contributed by atoms with E-state index < -0.39 is 0 Å². The van der Waals surface area contributed by atoms with E-state index in [2.05, 4.69) is 42.3 Å². The molecule has 0 bridgehead atoms. The van der Waals surface area contributed by atoms with Crippen molar-refractivity contribution in [1.29, 1.82) is 0 Å². The lowest BCUT2D eigenvalue weighted by Gasteiger charge is -2.07. The summed E-state index contributed by atoms with van der Waals surface area (Å²) in [5.74, 6) is 0.220. The zero-order chi connectivity index (χ0) is 13.1. The van der Waals surface area contributed by atoms with Crippen LogP contribution < -0.4 is 5.32 Å². The maximum absolute atomic E-state index is 9.62. The molecule has 2 aromatic rings. The number of rotatable bonds is 4. The fourth-order valence-electron chi connectivity index (χ4n) is 1.55. The number of anilines is 1. The van der Waals surface area contributed by atoms with Gasteiger partial charge in [-0.2, -0.15) is 5.10 Å². The zero-order valence-corrected chi connectivity index (χ0v) is 13.0. The Balaban J connectivity index is 2.06. The summed E-state index contributed by atoms with van der Waals surface area (Å²) in [6.45, 7) is 3.58. The van der Waals surface area contributed by atoms with Gasteiger partial charge in [-0.1, -0.05) is 0 Å². The SMILES string of the molecule is CCn1cc(NCc2cc(Br)c(O)c(Br)c2)cn1. The first-order valence-corrected chi connectivity index (χ1v) is 7.12. The minimum absolute atomic E-state index is 0.220. The predicted molar refractivity (Wildman–Crippen MR) is 78.7 cm³/mol. The molecule has 0 saturated heterocycles. The summed E-state index contributed by atoms with van der Waals surface area (Å²) >= 11 is 6.63. The van der Waals surface area contributed by atoms with Gasteiger partial charge in [0, 0.05) is 19.3 Å². The molecule has 0 amide bonds. The van der Waals surface area contributed by atoms with Gasteiger partial charge >= 0.3 is 0 Å². The summed E-state index contributed by atoms with van der Waals surface area (Å²) in [5, 5.41) is 17.1. The third-order valence-electron chi connectivity index (χ3n) is 2.53. The van der Waals surface area contributed by atoms with Crippen LogP contribution in [0.2, 0.25) is 0 Å². The largest absolute Gasteiger partial charge is 0.506 e. The van der Waals surface area contributed by atoms with E-state index in [0.29, 0.717) is 15.5 Å². The lowest BCUT2D eigenvalue weighted by Crippen LogP contribution is -1.99. The molecule has 18 heavy (non-hydrogen) atoms. The molecule has 0 aliphatic heterocycles. The minimum atomic E-state index is 0.220. The molecule has 0 unspecified atom stereocenters. The summed E-state index contributed by atoms with van der Waals surface area (Å²) in [7, 11) is 0. The molecular formula is C12H13Br2N3O. The Morgan fingerprint density at radius 3 is 2.56 bits per heavy atom. The molecule has 0 aliphatic rings. The van der Waals surface area contributed by atoms with E-state index in [1.54, 1.807) is 6.20 Å². The monoisotopic (exact) mass is 373 g/mol. The van der Waals surface area contributed by atoms with Crippen molar-refractivity contribution >= 4 is 37.5 Å². The van der Waals surface area contributed by atoms with Crippen molar-refractivity contribution in [2.75, 3.05) is 5.32 Å². The van der Waals surface area contributed by atoms with Gasteiger partial charge in [0.1, 0.15) is 5.75 Å². The molecule has 0 radical (unpaired) electrons. The van der Waals surface area contributed by atoms with Crippen LogP contribution in [-0.4, -0.2) is 14.9 Å². The van der Waals surface area contributed by atoms with Gasteiger partial charge in [0.2, 0.25) is 0 Å². The third kappa shape index (κ3) is 3.05. The van der Waals surface area contributed by atoms with Crippen molar-refractivity contribution < 1.29 is 5.11 Å². The van der Waals surface area contributed by atoms with Crippen molar-refractivity contribution in [2.45, 2.75) is 20.0 Å². The quantitative estimate of drug-likeness (QED) is 0.856. The smallest absolute Gasteiger partial charge is 0.143 e. The third-order valence-corrected chi connectivity index (χ3v) is 3.74. The number of halogens is 2. The van der Waals surface area contributed by atoms with Crippen LogP contribution in [-0.2, 0) is 13.1 Å². The molecule has 1 aromatic carbocycles. The van der Waals surface area contributed by atoms with Gasteiger partial charge in [-0.05, 0) is 56.5 Å². The summed E-state index contributed by atoms with van der Waals surface area (Å²) in [4.78, 5) is 0. The van der Waals surface area contributed by atoms with Gasteiger partial charge in [-0.15, -0.1) is 0 Å². The lowest BCUT2D eigenvalue weighted by atomic mass is 10.2. The molecule has 0 atom stereocenters. The highest BCUT2D eigenvalue weighted by molar-refractivity contribution is 9.11. The molecule has 0 fully saturated rings. The Morgan fingerprint density at radius 1 is 1.33 bits per heavy atom. The number of hydrogen-bond acceptors (Lipinski definition) is 3. The van der Waals surface area contributed by atoms with Crippen LogP contribution >= 0.6 is 31.9 Å². The van der Waals surface area contributed by atoms with Gasteiger partial charge in [0.25, 0.3) is 0 Å². The van der Waals surface area contributed by atoms with Crippen molar-refractivity contribution in [3.8, 4) is 5.75 Å². The maximum atomic E-state index is 9.62. The molecule has 2 N–H and O–H groups in total. The molecular weight excluding hydrogens is 362 g/mol. The van der Waals surface area contributed by atoms with E-state index in [9.17, 15) is 5.11 Å². The van der Waals surface area contributed by atoms with Crippen molar-refractivity contribution in [1.82, 2.24) is 9.78 Å². The van der Waals surface area contributed by atoms with Gasteiger partial charge in [0.15, 0.2) is 0 Å². The Hall–Kier alpha value is -1.01. The second kappa shape index (κ2) is 5.75. The van der Waals surface area contributed by atoms with Gasteiger partial charge in [0.05, 0.1) is 20.8 Å². The fourth-order valence-corrected chi connectivity index (χ4v) is 2.83. The molecule has 0 spiro atoms. The second-order valence-corrected chi connectivity index (χ2v) is 5.56. The second-order valence-electron chi connectivity index (χ2n) is 3.85. The van der Waals surface area contributed by atoms with Gasteiger partial charge in [-0.25, -0.2) is 0 Å². The first kappa shape index (κ1) is 13.4. The first-order valence-electron chi connectivity index (χ1n) is 5.53. The van der Waals surface area contributed by atoms with E-state index in [1.165, 1.54) is 0 Å². The van der Waals surface area contributed by atoms with E-state index in [1.807, 2.05) is 29.9 Å². The van der Waals surface area contributed by atoms with E-state index in [-0.39, 0.29) is 5.75 Å². The highest BCUT2D eigenvalue weighted by atomic mass is 79.9. The van der Waals surface area contributed by atoms with Crippen molar-refractivity contribution in [3.63, 3.8) is 0 Å². The summed E-state index contributed by atoms with van der Waals surface area (Å²) < 4.78 is 3.22. The van der Waals surface area contributed by atoms with E-state index in [0.717, 1.165) is 17.8 Å². The summed E-state index contributed by atoms with van der Waals surface area (Å²) in [6, 6.07) is 3.77. The van der Waals surface area contributed by atoms with E-state index >= 15 is 0 Å². The highest BCUT2D eigenvalue weighted by Crippen LogP contribution is 2.33. The molecule has 4 nitrogen and oxygen atoms in total.